The van der Waals surface area contributed by atoms with Crippen LogP contribution in [0.25, 0.3) is 0 Å². The van der Waals surface area contributed by atoms with Crippen molar-refractivity contribution in [1.29, 1.82) is 0 Å². The number of esters is 1. The molecule has 1 aliphatic rings. The lowest BCUT2D eigenvalue weighted by atomic mass is 10.0. The molecule has 0 spiro atoms. The molecule has 0 aromatic heterocycles. The minimum absolute atomic E-state index is 0.00328. The lowest BCUT2D eigenvalue weighted by Crippen LogP contribution is -2.11. The summed E-state index contributed by atoms with van der Waals surface area (Å²) in [5.41, 5.74) is 1.65. The Balaban J connectivity index is 1.82. The molecule has 0 unspecified atom stereocenters. The van der Waals surface area contributed by atoms with Gasteiger partial charge in [0, 0.05) is 6.42 Å². The molecule has 128 valence electrons. The zero-order valence-electron chi connectivity index (χ0n) is 14.9. The number of carbonyl (C=O) groups excluding carboxylic acids is 1. The zero-order valence-corrected chi connectivity index (χ0v) is 14.9. The van der Waals surface area contributed by atoms with Crippen LogP contribution in [0.3, 0.4) is 0 Å². The monoisotopic (exact) mass is 308 g/mol. The van der Waals surface area contributed by atoms with E-state index in [2.05, 4.69) is 19.9 Å². The molecule has 0 N–H and O–H groups in total. The molecule has 0 aromatic carbocycles. The first kappa shape index (κ1) is 19.3. The van der Waals surface area contributed by atoms with Gasteiger partial charge in [0.25, 0.3) is 0 Å². The Morgan fingerprint density at radius 2 is 1.77 bits per heavy atom. The van der Waals surface area contributed by atoms with Crippen LogP contribution in [0.15, 0.2) is 11.6 Å². The third kappa shape index (κ3) is 11.8. The first-order valence-corrected chi connectivity index (χ1v) is 9.56. The van der Waals surface area contributed by atoms with Gasteiger partial charge in [0.15, 0.2) is 0 Å². The van der Waals surface area contributed by atoms with E-state index >= 15 is 0 Å². The van der Waals surface area contributed by atoms with E-state index in [1.165, 1.54) is 70.6 Å². The topological polar surface area (TPSA) is 26.3 Å². The smallest absolute Gasteiger partial charge is 0.305 e. The Bertz CT molecular complexity index is 320. The van der Waals surface area contributed by atoms with Crippen molar-refractivity contribution >= 4 is 5.97 Å². The maximum Gasteiger partial charge on any atom is 0.305 e. The fourth-order valence-corrected chi connectivity index (χ4v) is 2.74. The Morgan fingerprint density at radius 1 is 1.09 bits per heavy atom. The second-order valence-corrected chi connectivity index (χ2v) is 6.97. The van der Waals surface area contributed by atoms with E-state index in [0.29, 0.717) is 18.9 Å². The number of ether oxygens (including phenoxy) is 1. The van der Waals surface area contributed by atoms with Gasteiger partial charge in [-0.05, 0) is 38.0 Å². The van der Waals surface area contributed by atoms with Gasteiger partial charge in [0.1, 0.15) is 0 Å². The molecule has 1 aliphatic carbocycles. The van der Waals surface area contributed by atoms with Crippen molar-refractivity contribution in [3.63, 3.8) is 0 Å². The van der Waals surface area contributed by atoms with Gasteiger partial charge in [-0.2, -0.15) is 0 Å². The number of rotatable bonds is 15. The molecule has 0 bridgehead atoms. The fourth-order valence-electron chi connectivity index (χ4n) is 2.74. The lowest BCUT2D eigenvalue weighted by Gasteiger charge is -2.12. The van der Waals surface area contributed by atoms with E-state index in [-0.39, 0.29) is 5.97 Å². The van der Waals surface area contributed by atoms with E-state index in [1.807, 2.05) is 0 Å². The summed E-state index contributed by atoms with van der Waals surface area (Å²) in [7, 11) is 0. The largest absolute Gasteiger partial charge is 0.465 e. The minimum atomic E-state index is 0.00328. The van der Waals surface area contributed by atoms with Crippen molar-refractivity contribution in [1.82, 2.24) is 0 Å². The maximum atomic E-state index is 11.7. The highest BCUT2D eigenvalue weighted by atomic mass is 16.5. The van der Waals surface area contributed by atoms with Crippen LogP contribution in [0, 0.1) is 5.92 Å². The second kappa shape index (κ2) is 12.7. The van der Waals surface area contributed by atoms with Gasteiger partial charge in [-0.25, -0.2) is 0 Å². The molecule has 0 radical (unpaired) electrons. The van der Waals surface area contributed by atoms with E-state index < -0.39 is 0 Å². The van der Waals surface area contributed by atoms with E-state index in [0.717, 1.165) is 6.42 Å². The van der Waals surface area contributed by atoms with Crippen molar-refractivity contribution in [2.45, 2.75) is 97.3 Å². The van der Waals surface area contributed by atoms with Crippen molar-refractivity contribution in [3.05, 3.63) is 11.6 Å². The van der Waals surface area contributed by atoms with Crippen molar-refractivity contribution < 1.29 is 9.53 Å². The van der Waals surface area contributed by atoms with Crippen LogP contribution >= 0.6 is 0 Å². The molecule has 0 amide bonds. The summed E-state index contributed by atoms with van der Waals surface area (Å²) >= 11 is 0. The molecule has 1 rings (SSSR count). The van der Waals surface area contributed by atoms with Crippen LogP contribution in [-0.2, 0) is 9.53 Å². The van der Waals surface area contributed by atoms with Gasteiger partial charge in [-0.1, -0.05) is 70.4 Å². The Hall–Kier alpha value is -0.790. The predicted octanol–water partition coefficient (Wildman–Crippen LogP) is 6.20. The quantitative estimate of drug-likeness (QED) is 0.205. The first-order valence-electron chi connectivity index (χ1n) is 9.56. The Morgan fingerprint density at radius 3 is 2.50 bits per heavy atom. The summed E-state index contributed by atoms with van der Waals surface area (Å²) in [6.45, 7) is 5.03. The highest BCUT2D eigenvalue weighted by Gasteiger charge is 2.08. The summed E-state index contributed by atoms with van der Waals surface area (Å²) < 4.78 is 5.38. The summed E-state index contributed by atoms with van der Waals surface area (Å²) in [5.74, 6) is 0.515. The summed E-state index contributed by atoms with van der Waals surface area (Å²) in [6.07, 6.45) is 17.9. The summed E-state index contributed by atoms with van der Waals surface area (Å²) in [4.78, 5) is 11.7. The standard InChI is InChI=1S/C20H36O2/c1-3-4-5-9-12-18(2)17-22-20(21)14-11-8-6-7-10-13-19-15-16-19/h15,18H,3-14,16-17H2,1-2H3/t18-/m0/s1. The fraction of sp³-hybridized carbons (Fsp3) is 0.850. The number of carbonyl (C=O) groups is 1. The molecule has 0 heterocycles. The van der Waals surface area contributed by atoms with E-state index in [9.17, 15) is 4.79 Å². The average Bonchev–Trinajstić information content (AvgIpc) is 3.33. The third-order valence-corrected chi connectivity index (χ3v) is 4.45. The number of allylic oxidation sites excluding steroid dienone is 2. The Labute approximate surface area is 137 Å². The molecular formula is C20H36O2. The van der Waals surface area contributed by atoms with Crippen LogP contribution < -0.4 is 0 Å². The molecule has 0 aliphatic heterocycles. The van der Waals surface area contributed by atoms with Gasteiger partial charge >= 0.3 is 5.97 Å². The molecule has 1 atom stereocenters. The lowest BCUT2D eigenvalue weighted by molar-refractivity contribution is -0.145. The van der Waals surface area contributed by atoms with Crippen LogP contribution in [0.4, 0.5) is 0 Å². The molecular weight excluding hydrogens is 272 g/mol. The number of hydrogen-bond acceptors (Lipinski definition) is 2. The number of unbranched alkanes of at least 4 members (excludes halogenated alkanes) is 7. The van der Waals surface area contributed by atoms with Crippen LogP contribution in [0.2, 0.25) is 0 Å². The highest BCUT2D eigenvalue weighted by Crippen LogP contribution is 2.24. The van der Waals surface area contributed by atoms with Gasteiger partial charge in [0.05, 0.1) is 6.61 Å². The third-order valence-electron chi connectivity index (χ3n) is 4.45. The average molecular weight is 309 g/mol. The van der Waals surface area contributed by atoms with Gasteiger partial charge in [-0.3, -0.25) is 4.79 Å². The molecule has 0 saturated heterocycles. The van der Waals surface area contributed by atoms with Gasteiger partial charge in [-0.15, -0.1) is 0 Å². The minimum Gasteiger partial charge on any atom is -0.465 e. The van der Waals surface area contributed by atoms with E-state index in [4.69, 9.17) is 4.74 Å². The molecule has 0 saturated carbocycles. The Kier molecular flexibility index (Phi) is 11.1. The predicted molar refractivity (Wildman–Crippen MR) is 93.9 cm³/mol. The molecule has 2 heteroatoms. The molecule has 0 fully saturated rings. The summed E-state index contributed by atoms with van der Waals surface area (Å²) in [6, 6.07) is 0. The SMILES string of the molecule is CCCCCC[C@H](C)COC(=O)CCCCCCCC1=CC1. The van der Waals surface area contributed by atoms with Gasteiger partial charge < -0.3 is 4.74 Å². The van der Waals surface area contributed by atoms with E-state index in [1.54, 1.807) is 5.57 Å². The first-order chi connectivity index (χ1) is 10.7. The second-order valence-electron chi connectivity index (χ2n) is 6.97. The van der Waals surface area contributed by atoms with Crippen molar-refractivity contribution in [2.75, 3.05) is 6.61 Å². The van der Waals surface area contributed by atoms with Crippen molar-refractivity contribution in [2.24, 2.45) is 5.92 Å². The zero-order chi connectivity index (χ0) is 16.0. The van der Waals surface area contributed by atoms with Crippen molar-refractivity contribution in [3.8, 4) is 0 Å². The maximum absolute atomic E-state index is 11.7. The van der Waals surface area contributed by atoms with Crippen LogP contribution in [-0.4, -0.2) is 12.6 Å². The summed E-state index contributed by atoms with van der Waals surface area (Å²) in [5, 5.41) is 0. The number of hydrogen-bond donors (Lipinski definition) is 0. The van der Waals surface area contributed by atoms with Crippen LogP contribution in [0.1, 0.15) is 97.3 Å². The normalized spacial score (nSPS) is 14.5. The molecule has 0 aromatic rings. The van der Waals surface area contributed by atoms with Gasteiger partial charge in [0.2, 0.25) is 0 Å². The highest BCUT2D eigenvalue weighted by molar-refractivity contribution is 5.69. The molecule has 2 nitrogen and oxygen atoms in total. The molecule has 22 heavy (non-hydrogen) atoms. The van der Waals surface area contributed by atoms with Crippen LogP contribution in [0.5, 0.6) is 0 Å².